The van der Waals surface area contributed by atoms with Gasteiger partial charge in [0.15, 0.2) is 0 Å². The third-order valence-electron chi connectivity index (χ3n) is 4.92. The molecule has 4 rings (SSSR count). The van der Waals surface area contributed by atoms with E-state index < -0.39 is 41.3 Å². The van der Waals surface area contributed by atoms with Crippen LogP contribution in [0.1, 0.15) is 19.3 Å². The Labute approximate surface area is 136 Å². The molecule has 0 aromatic heterocycles. The van der Waals surface area contributed by atoms with Crippen LogP contribution in [0.15, 0.2) is 18.2 Å². The molecular weight excluding hydrogens is 320 g/mol. The first-order valence-electron chi connectivity index (χ1n) is 7.90. The Hall–Kier alpha value is -2.51. The van der Waals surface area contributed by atoms with Crippen molar-refractivity contribution in [3.8, 4) is 0 Å². The molecule has 0 radical (unpaired) electrons. The largest absolute Gasteiger partial charge is 0.328 e. The van der Waals surface area contributed by atoms with E-state index in [0.717, 1.165) is 28.4 Å². The molecule has 1 aromatic carbocycles. The first kappa shape index (κ1) is 15.0. The average molecular weight is 335 g/mol. The van der Waals surface area contributed by atoms with E-state index in [0.29, 0.717) is 13.0 Å². The van der Waals surface area contributed by atoms with Gasteiger partial charge in [0.25, 0.3) is 11.8 Å². The monoisotopic (exact) mass is 335 g/mol. The van der Waals surface area contributed by atoms with E-state index in [1.165, 1.54) is 11.0 Å². The fraction of sp³-hybridized carbons (Fsp3) is 0.438. The Morgan fingerprint density at radius 3 is 2.29 bits per heavy atom. The summed E-state index contributed by atoms with van der Waals surface area (Å²) < 4.78 is 27.9. The van der Waals surface area contributed by atoms with Gasteiger partial charge in [0.1, 0.15) is 29.4 Å². The van der Waals surface area contributed by atoms with Crippen LogP contribution in [0.5, 0.6) is 0 Å². The minimum absolute atomic E-state index is 0.0586. The van der Waals surface area contributed by atoms with Crippen LogP contribution in [0.2, 0.25) is 0 Å². The van der Waals surface area contributed by atoms with Crippen molar-refractivity contribution in [1.82, 2.24) is 9.80 Å². The molecule has 126 valence electrons. The van der Waals surface area contributed by atoms with Crippen LogP contribution in [0.25, 0.3) is 0 Å². The molecule has 0 bridgehead atoms. The molecule has 0 saturated carbocycles. The van der Waals surface area contributed by atoms with E-state index in [-0.39, 0.29) is 18.9 Å². The summed E-state index contributed by atoms with van der Waals surface area (Å²) in [6, 6.07) is 1.40. The second-order valence-electron chi connectivity index (χ2n) is 6.21. The fourth-order valence-electron chi connectivity index (χ4n) is 3.81. The maximum Gasteiger partial charge on any atom is 0.328 e. The Morgan fingerprint density at radius 2 is 1.62 bits per heavy atom. The Morgan fingerprint density at radius 1 is 0.917 bits per heavy atom. The molecule has 0 unspecified atom stereocenters. The van der Waals surface area contributed by atoms with Crippen LogP contribution in [-0.2, 0) is 9.59 Å². The van der Waals surface area contributed by atoms with Crippen molar-refractivity contribution in [3.05, 3.63) is 29.8 Å². The highest BCUT2D eigenvalue weighted by atomic mass is 19.1. The first-order chi connectivity index (χ1) is 11.5. The molecule has 8 heteroatoms. The SMILES string of the molecule is O=C1[C@@H](N2C(=O)[C@@H]3CCCN3C2=O)CCN1c1c(F)cccc1F. The minimum Gasteiger partial charge on any atom is -0.312 e. The molecule has 2 atom stereocenters. The molecule has 3 heterocycles. The number of imide groups is 1. The molecule has 0 N–H and O–H groups in total. The quantitative estimate of drug-likeness (QED) is 0.770. The van der Waals surface area contributed by atoms with Gasteiger partial charge >= 0.3 is 6.03 Å². The molecule has 3 aliphatic rings. The first-order valence-corrected chi connectivity index (χ1v) is 7.90. The van der Waals surface area contributed by atoms with E-state index in [4.69, 9.17) is 0 Å². The topological polar surface area (TPSA) is 60.9 Å². The predicted molar refractivity (Wildman–Crippen MR) is 79.1 cm³/mol. The Balaban J connectivity index is 1.63. The number of benzene rings is 1. The molecular formula is C16H15F2N3O3. The highest BCUT2D eigenvalue weighted by Gasteiger charge is 2.53. The number of carbonyl (C=O) groups excluding carboxylic acids is 3. The lowest BCUT2D eigenvalue weighted by molar-refractivity contribution is -0.133. The second kappa shape index (κ2) is 5.25. The molecule has 24 heavy (non-hydrogen) atoms. The van der Waals surface area contributed by atoms with Crippen molar-refractivity contribution < 1.29 is 23.2 Å². The van der Waals surface area contributed by atoms with Crippen LogP contribution in [0.4, 0.5) is 19.3 Å². The van der Waals surface area contributed by atoms with Gasteiger partial charge in [-0.3, -0.25) is 9.59 Å². The lowest BCUT2D eigenvalue weighted by Crippen LogP contribution is -2.46. The van der Waals surface area contributed by atoms with E-state index in [1.54, 1.807) is 0 Å². The molecule has 3 fully saturated rings. The third kappa shape index (κ3) is 1.95. The zero-order valence-electron chi connectivity index (χ0n) is 12.7. The zero-order chi connectivity index (χ0) is 17.0. The summed E-state index contributed by atoms with van der Waals surface area (Å²) in [5.74, 6) is -2.69. The molecule has 6 nitrogen and oxygen atoms in total. The van der Waals surface area contributed by atoms with Crippen LogP contribution in [0, 0.1) is 11.6 Å². The summed E-state index contributed by atoms with van der Waals surface area (Å²) in [7, 11) is 0. The highest BCUT2D eigenvalue weighted by Crippen LogP contribution is 2.34. The molecule has 3 saturated heterocycles. The van der Waals surface area contributed by atoms with Gasteiger partial charge < -0.3 is 9.80 Å². The minimum atomic E-state index is -0.991. The van der Waals surface area contributed by atoms with Crippen LogP contribution in [0.3, 0.4) is 0 Å². The van der Waals surface area contributed by atoms with E-state index in [1.807, 2.05) is 0 Å². The Bertz CT molecular complexity index is 712. The normalized spacial score (nSPS) is 26.8. The number of anilines is 1. The van der Waals surface area contributed by atoms with E-state index >= 15 is 0 Å². The van der Waals surface area contributed by atoms with Crippen LogP contribution < -0.4 is 4.90 Å². The van der Waals surface area contributed by atoms with Gasteiger partial charge in [-0.05, 0) is 31.4 Å². The van der Waals surface area contributed by atoms with Crippen molar-refractivity contribution in [1.29, 1.82) is 0 Å². The number of urea groups is 1. The number of nitrogens with zero attached hydrogens (tertiary/aromatic N) is 3. The summed E-state index contributed by atoms with van der Waals surface area (Å²) in [5.41, 5.74) is -0.426. The zero-order valence-corrected chi connectivity index (χ0v) is 12.7. The van der Waals surface area contributed by atoms with Gasteiger partial charge in [-0.15, -0.1) is 0 Å². The fourth-order valence-corrected chi connectivity index (χ4v) is 3.81. The lowest BCUT2D eigenvalue weighted by Gasteiger charge is -2.22. The van der Waals surface area contributed by atoms with Crippen molar-refractivity contribution in [3.63, 3.8) is 0 Å². The summed E-state index contributed by atoms with van der Waals surface area (Å²) in [6.45, 7) is 0.557. The summed E-state index contributed by atoms with van der Waals surface area (Å²) in [5, 5.41) is 0. The standard InChI is InChI=1S/C16H15F2N3O3/c17-9-3-1-4-10(18)13(9)20-8-6-12(14(20)22)21-15(23)11-5-2-7-19(11)16(21)24/h1,3-4,11-12H,2,5-8H2/t11-,12-/m0/s1. The lowest BCUT2D eigenvalue weighted by atomic mass is 10.1. The third-order valence-corrected chi connectivity index (χ3v) is 4.92. The van der Waals surface area contributed by atoms with Crippen LogP contribution in [-0.4, -0.2) is 52.8 Å². The van der Waals surface area contributed by atoms with Gasteiger partial charge in [0.05, 0.1) is 0 Å². The molecule has 4 amide bonds. The molecule has 0 aliphatic carbocycles. The van der Waals surface area contributed by atoms with E-state index in [9.17, 15) is 23.2 Å². The van der Waals surface area contributed by atoms with Gasteiger partial charge in [0.2, 0.25) is 0 Å². The second-order valence-corrected chi connectivity index (χ2v) is 6.21. The van der Waals surface area contributed by atoms with Gasteiger partial charge in [-0.1, -0.05) is 6.07 Å². The number of rotatable bonds is 2. The number of carbonyl (C=O) groups is 3. The molecule has 3 aliphatic heterocycles. The average Bonchev–Trinajstić information content (AvgIpc) is 3.21. The van der Waals surface area contributed by atoms with Crippen molar-refractivity contribution >= 4 is 23.5 Å². The smallest absolute Gasteiger partial charge is 0.312 e. The van der Waals surface area contributed by atoms with Crippen molar-refractivity contribution in [2.24, 2.45) is 0 Å². The predicted octanol–water partition coefficient (Wildman–Crippen LogP) is 1.50. The molecule has 0 spiro atoms. The number of halogens is 2. The summed E-state index contributed by atoms with van der Waals surface area (Å²) >= 11 is 0. The number of para-hydroxylation sites is 1. The highest BCUT2D eigenvalue weighted by molar-refractivity contribution is 6.11. The van der Waals surface area contributed by atoms with Crippen molar-refractivity contribution in [2.45, 2.75) is 31.3 Å². The summed E-state index contributed by atoms with van der Waals surface area (Å²) in [6.07, 6.45) is 1.53. The number of hydrogen-bond acceptors (Lipinski definition) is 3. The van der Waals surface area contributed by atoms with E-state index in [2.05, 4.69) is 0 Å². The van der Waals surface area contributed by atoms with Crippen molar-refractivity contribution in [2.75, 3.05) is 18.0 Å². The van der Waals surface area contributed by atoms with Crippen LogP contribution >= 0.6 is 0 Å². The number of fused-ring (bicyclic) bond motifs is 1. The van der Waals surface area contributed by atoms with Gasteiger partial charge in [-0.25, -0.2) is 18.5 Å². The van der Waals surface area contributed by atoms with Gasteiger partial charge in [0, 0.05) is 13.1 Å². The molecule has 1 aromatic rings. The van der Waals surface area contributed by atoms with Gasteiger partial charge in [-0.2, -0.15) is 0 Å². The summed E-state index contributed by atoms with van der Waals surface area (Å²) in [4.78, 5) is 40.9. The maximum atomic E-state index is 13.9. The number of hydrogen-bond donors (Lipinski definition) is 0. The maximum absolute atomic E-state index is 13.9. The Kier molecular flexibility index (Phi) is 3.29. The number of amides is 4.